The van der Waals surface area contributed by atoms with Crippen LogP contribution in [0.4, 0.5) is 0 Å². The minimum Gasteiger partial charge on any atom is -0.205 e. The fourth-order valence-corrected chi connectivity index (χ4v) is 1.65. The van der Waals surface area contributed by atoms with Crippen molar-refractivity contribution in [3.8, 4) is 0 Å². The number of benzene rings is 1. The topological polar surface area (TPSA) is 43.1 Å². The van der Waals surface area contributed by atoms with Crippen LogP contribution < -0.4 is 0 Å². The molecule has 16 heavy (non-hydrogen) atoms. The van der Waals surface area contributed by atoms with E-state index in [-0.39, 0.29) is 0 Å². The Morgan fingerprint density at radius 1 is 1.31 bits per heavy atom. The zero-order valence-electron chi connectivity index (χ0n) is 8.43. The Morgan fingerprint density at radius 2 is 2.00 bits per heavy atom. The van der Waals surface area contributed by atoms with E-state index < -0.39 is 0 Å². The molecule has 0 spiro atoms. The van der Waals surface area contributed by atoms with Crippen molar-refractivity contribution in [1.82, 2.24) is 14.9 Å². The third-order valence-electron chi connectivity index (χ3n) is 2.01. The lowest BCUT2D eigenvalue weighted by Gasteiger charge is -2.00. The van der Waals surface area contributed by atoms with Crippen LogP contribution in [0.3, 0.4) is 0 Å². The molecule has 0 radical (unpaired) electrons. The van der Waals surface area contributed by atoms with Gasteiger partial charge in [-0.1, -0.05) is 29.3 Å². The van der Waals surface area contributed by atoms with Crippen LogP contribution in [0.1, 0.15) is 11.4 Å². The van der Waals surface area contributed by atoms with E-state index in [9.17, 15) is 0 Å². The first-order valence-electron chi connectivity index (χ1n) is 4.53. The minimum atomic E-state index is 0.557. The summed E-state index contributed by atoms with van der Waals surface area (Å²) in [6.07, 6.45) is 3.09. The molecule has 0 amide bonds. The van der Waals surface area contributed by atoms with Gasteiger partial charge >= 0.3 is 0 Å². The molecule has 0 unspecified atom stereocenters. The Kier molecular flexibility index (Phi) is 3.22. The van der Waals surface area contributed by atoms with E-state index in [0.29, 0.717) is 21.4 Å². The molecule has 1 aromatic heterocycles. The molecule has 0 N–H and O–H groups in total. The Morgan fingerprint density at radius 3 is 2.56 bits per heavy atom. The molecule has 0 aliphatic heterocycles. The number of aromatic nitrogens is 3. The zero-order valence-corrected chi connectivity index (χ0v) is 9.94. The van der Waals surface area contributed by atoms with Crippen molar-refractivity contribution in [2.45, 2.75) is 6.92 Å². The smallest absolute Gasteiger partial charge is 0.151 e. The van der Waals surface area contributed by atoms with Crippen molar-refractivity contribution < 1.29 is 0 Å². The average Bonchev–Trinajstić information content (AvgIpc) is 2.64. The fourth-order valence-electron chi connectivity index (χ4n) is 1.16. The Bertz CT molecular complexity index is 513. The van der Waals surface area contributed by atoms with Crippen molar-refractivity contribution in [3.63, 3.8) is 0 Å². The summed E-state index contributed by atoms with van der Waals surface area (Å²) in [5.74, 6) is 0.694. The standard InChI is InChI=1S/C10H8Cl2N4/c1-7-15-13-6-16(7)14-5-8-9(11)3-2-4-10(8)12/h2-6H,1H3. The lowest BCUT2D eigenvalue weighted by atomic mass is 10.2. The number of aryl methyl sites for hydroxylation is 1. The Balaban J connectivity index is 2.34. The van der Waals surface area contributed by atoms with E-state index in [2.05, 4.69) is 15.3 Å². The summed E-state index contributed by atoms with van der Waals surface area (Å²) in [5, 5.41) is 12.8. The summed E-state index contributed by atoms with van der Waals surface area (Å²) in [6, 6.07) is 5.30. The van der Waals surface area contributed by atoms with Crippen LogP contribution in [0.15, 0.2) is 29.6 Å². The van der Waals surface area contributed by atoms with Crippen LogP contribution in [0.25, 0.3) is 0 Å². The first kappa shape index (κ1) is 11.1. The van der Waals surface area contributed by atoms with E-state index >= 15 is 0 Å². The van der Waals surface area contributed by atoms with Gasteiger partial charge in [-0.15, -0.1) is 10.2 Å². The lowest BCUT2D eigenvalue weighted by Crippen LogP contribution is -1.93. The van der Waals surface area contributed by atoms with Crippen LogP contribution in [-0.4, -0.2) is 21.1 Å². The van der Waals surface area contributed by atoms with Crippen molar-refractivity contribution >= 4 is 29.4 Å². The van der Waals surface area contributed by atoms with Crippen LogP contribution >= 0.6 is 23.2 Å². The van der Waals surface area contributed by atoms with Crippen LogP contribution in [0, 0.1) is 6.92 Å². The van der Waals surface area contributed by atoms with Crippen molar-refractivity contribution in [1.29, 1.82) is 0 Å². The summed E-state index contributed by atoms with van der Waals surface area (Å²) in [4.78, 5) is 0. The highest BCUT2D eigenvalue weighted by Crippen LogP contribution is 2.22. The summed E-state index contributed by atoms with van der Waals surface area (Å²) in [6.45, 7) is 1.80. The second kappa shape index (κ2) is 4.63. The molecule has 0 bridgehead atoms. The van der Waals surface area contributed by atoms with Crippen LogP contribution in [0.5, 0.6) is 0 Å². The van der Waals surface area contributed by atoms with Crippen LogP contribution in [-0.2, 0) is 0 Å². The normalized spacial score (nSPS) is 11.2. The third kappa shape index (κ3) is 2.23. The van der Waals surface area contributed by atoms with Crippen LogP contribution in [0.2, 0.25) is 10.0 Å². The molecule has 0 aliphatic rings. The Hall–Kier alpha value is -1.39. The largest absolute Gasteiger partial charge is 0.205 e. The minimum absolute atomic E-state index is 0.557. The SMILES string of the molecule is Cc1nncn1N=Cc1c(Cl)cccc1Cl. The summed E-state index contributed by atoms with van der Waals surface area (Å²) < 4.78 is 1.54. The maximum atomic E-state index is 5.99. The molecule has 0 atom stereocenters. The summed E-state index contributed by atoms with van der Waals surface area (Å²) >= 11 is 12.0. The molecule has 0 fully saturated rings. The molecule has 1 heterocycles. The number of rotatable bonds is 2. The van der Waals surface area contributed by atoms with E-state index in [0.717, 1.165) is 0 Å². The zero-order chi connectivity index (χ0) is 11.5. The average molecular weight is 255 g/mol. The molecule has 2 aromatic rings. The van der Waals surface area contributed by atoms with E-state index in [1.807, 2.05) is 0 Å². The molecule has 2 rings (SSSR count). The van der Waals surface area contributed by atoms with Gasteiger partial charge in [0.05, 0.1) is 16.3 Å². The van der Waals surface area contributed by atoms with Gasteiger partial charge in [-0.25, -0.2) is 4.68 Å². The molecule has 4 nitrogen and oxygen atoms in total. The molecular formula is C10H8Cl2N4. The molecular weight excluding hydrogens is 247 g/mol. The molecule has 82 valence electrons. The lowest BCUT2D eigenvalue weighted by molar-refractivity contribution is 0.832. The van der Waals surface area contributed by atoms with Gasteiger partial charge in [-0.05, 0) is 19.1 Å². The van der Waals surface area contributed by atoms with Gasteiger partial charge in [0.15, 0.2) is 5.82 Å². The van der Waals surface area contributed by atoms with Gasteiger partial charge < -0.3 is 0 Å². The first-order chi connectivity index (χ1) is 7.68. The monoisotopic (exact) mass is 254 g/mol. The van der Waals surface area contributed by atoms with Gasteiger partial charge in [0.25, 0.3) is 0 Å². The molecule has 6 heteroatoms. The maximum Gasteiger partial charge on any atom is 0.151 e. The van der Waals surface area contributed by atoms with Crippen molar-refractivity contribution in [2.75, 3.05) is 0 Å². The first-order valence-corrected chi connectivity index (χ1v) is 5.29. The maximum absolute atomic E-state index is 5.99. The van der Waals surface area contributed by atoms with Crippen molar-refractivity contribution in [2.24, 2.45) is 5.10 Å². The fraction of sp³-hybridized carbons (Fsp3) is 0.100. The number of hydrogen-bond acceptors (Lipinski definition) is 3. The van der Waals surface area contributed by atoms with Gasteiger partial charge in [0.1, 0.15) is 6.33 Å². The van der Waals surface area contributed by atoms with E-state index in [4.69, 9.17) is 23.2 Å². The third-order valence-corrected chi connectivity index (χ3v) is 2.67. The highest BCUT2D eigenvalue weighted by Gasteiger charge is 2.02. The second-order valence-electron chi connectivity index (χ2n) is 3.10. The predicted molar refractivity (Wildman–Crippen MR) is 64.2 cm³/mol. The van der Waals surface area contributed by atoms with Gasteiger partial charge in [-0.2, -0.15) is 5.10 Å². The van der Waals surface area contributed by atoms with Gasteiger partial charge in [0.2, 0.25) is 0 Å². The summed E-state index contributed by atoms with van der Waals surface area (Å²) in [5.41, 5.74) is 0.680. The van der Waals surface area contributed by atoms with E-state index in [1.165, 1.54) is 6.33 Å². The number of nitrogens with zero attached hydrogens (tertiary/aromatic N) is 4. The number of halogens is 2. The second-order valence-corrected chi connectivity index (χ2v) is 3.92. The van der Waals surface area contributed by atoms with E-state index in [1.54, 1.807) is 36.0 Å². The highest BCUT2D eigenvalue weighted by atomic mass is 35.5. The Labute approximate surface area is 103 Å². The summed E-state index contributed by atoms with van der Waals surface area (Å²) in [7, 11) is 0. The number of hydrogen-bond donors (Lipinski definition) is 0. The molecule has 0 saturated heterocycles. The van der Waals surface area contributed by atoms with Crippen molar-refractivity contribution in [3.05, 3.63) is 46.0 Å². The quantitative estimate of drug-likeness (QED) is 0.774. The van der Waals surface area contributed by atoms with Gasteiger partial charge in [0, 0.05) is 5.56 Å². The molecule has 1 aromatic carbocycles. The van der Waals surface area contributed by atoms with Gasteiger partial charge in [-0.3, -0.25) is 0 Å². The molecule has 0 saturated carbocycles. The predicted octanol–water partition coefficient (Wildman–Crippen LogP) is 2.78. The molecule has 0 aliphatic carbocycles. The highest BCUT2D eigenvalue weighted by molar-refractivity contribution is 6.38.